The molecule has 0 radical (unpaired) electrons. The van der Waals surface area contributed by atoms with Gasteiger partial charge in [0.1, 0.15) is 6.61 Å². The maximum Gasteiger partial charge on any atom is 0.362 e. The highest BCUT2D eigenvalue weighted by molar-refractivity contribution is 6.64. The summed E-state index contributed by atoms with van der Waals surface area (Å²) < 4.78 is 9.67. The fourth-order valence-electron chi connectivity index (χ4n) is 0.918. The molecule has 0 aromatic rings. The number of ether oxygens (including phenoxy) is 2. The van der Waals surface area contributed by atoms with Crippen molar-refractivity contribution in [3.8, 4) is 0 Å². The summed E-state index contributed by atoms with van der Waals surface area (Å²) >= 11 is 0. The Bertz CT molecular complexity index is 264. The highest BCUT2D eigenvalue weighted by Crippen LogP contribution is 1.91. The minimum absolute atomic E-state index is 0.168. The topological polar surface area (TPSA) is 91.0 Å². The summed E-state index contributed by atoms with van der Waals surface area (Å²) in [6, 6.07) is 0. The average Bonchev–Trinajstić information content (AvgIpc) is 2.26. The third-order valence-corrected chi connectivity index (χ3v) is 1.74. The van der Waals surface area contributed by atoms with Crippen LogP contribution in [0.25, 0.3) is 0 Å². The third kappa shape index (κ3) is 5.45. The summed E-state index contributed by atoms with van der Waals surface area (Å²) in [6.45, 7) is 4.09. The van der Waals surface area contributed by atoms with Crippen molar-refractivity contribution in [3.05, 3.63) is 0 Å². The summed E-state index contributed by atoms with van der Waals surface area (Å²) in [6.07, 6.45) is 1.84. The van der Waals surface area contributed by atoms with Gasteiger partial charge in [-0.15, -0.1) is 0 Å². The van der Waals surface area contributed by atoms with Crippen molar-refractivity contribution in [1.29, 1.82) is 0 Å². The van der Waals surface area contributed by atoms with Crippen LogP contribution in [0, 0.1) is 0 Å². The standard InChI is InChI=1S/C10H18N2O4/c1-3-5-6-15-7-8(13)9(12-11)10(14)16-4-2/h3-7,11H2,1-2H3/b12-9-. The molecule has 0 saturated heterocycles. The van der Waals surface area contributed by atoms with Gasteiger partial charge in [0, 0.05) is 6.61 Å². The summed E-state index contributed by atoms with van der Waals surface area (Å²) in [4.78, 5) is 22.6. The summed E-state index contributed by atoms with van der Waals surface area (Å²) in [5.41, 5.74) is -0.404. The highest BCUT2D eigenvalue weighted by Gasteiger charge is 2.21. The van der Waals surface area contributed by atoms with Gasteiger partial charge in [0.25, 0.3) is 0 Å². The second-order valence-electron chi connectivity index (χ2n) is 3.03. The Hall–Kier alpha value is -1.43. The fraction of sp³-hybridized carbons (Fsp3) is 0.700. The van der Waals surface area contributed by atoms with Gasteiger partial charge < -0.3 is 15.3 Å². The lowest BCUT2D eigenvalue weighted by atomic mass is 10.2. The molecular weight excluding hydrogens is 212 g/mol. The lowest BCUT2D eigenvalue weighted by Crippen LogP contribution is -2.30. The fourth-order valence-corrected chi connectivity index (χ4v) is 0.918. The smallest absolute Gasteiger partial charge is 0.362 e. The van der Waals surface area contributed by atoms with Gasteiger partial charge in [-0.1, -0.05) is 13.3 Å². The zero-order valence-electron chi connectivity index (χ0n) is 9.69. The molecule has 16 heavy (non-hydrogen) atoms. The number of rotatable bonds is 8. The van der Waals surface area contributed by atoms with Gasteiger partial charge in [-0.05, 0) is 13.3 Å². The molecule has 0 unspecified atom stereocenters. The molecule has 0 aliphatic rings. The first-order chi connectivity index (χ1) is 7.67. The van der Waals surface area contributed by atoms with Crippen molar-refractivity contribution < 1.29 is 19.1 Å². The lowest BCUT2D eigenvalue weighted by molar-refractivity contribution is -0.136. The number of carbonyl (C=O) groups excluding carboxylic acids is 2. The molecule has 0 aromatic carbocycles. The van der Waals surface area contributed by atoms with E-state index in [1.165, 1.54) is 0 Å². The minimum atomic E-state index is -0.811. The monoisotopic (exact) mass is 230 g/mol. The van der Waals surface area contributed by atoms with E-state index >= 15 is 0 Å². The SMILES string of the molecule is CCCCOCC(=O)/C(=N/N)C(=O)OCC. The summed E-state index contributed by atoms with van der Waals surface area (Å²) in [7, 11) is 0. The number of nitrogens with two attached hydrogens (primary N) is 1. The van der Waals surface area contributed by atoms with Crippen LogP contribution < -0.4 is 5.84 Å². The van der Waals surface area contributed by atoms with Crippen LogP contribution >= 0.6 is 0 Å². The highest BCUT2D eigenvalue weighted by atomic mass is 16.5. The predicted octanol–water partition coefficient (Wildman–Crippen LogP) is 0.250. The molecule has 0 aliphatic heterocycles. The van der Waals surface area contributed by atoms with Gasteiger partial charge in [-0.2, -0.15) is 5.10 Å². The number of unbranched alkanes of at least 4 members (excludes halogenated alkanes) is 1. The molecule has 0 heterocycles. The summed E-state index contributed by atoms with van der Waals surface area (Å²) in [5.74, 6) is 3.58. The van der Waals surface area contributed by atoms with Crippen LogP contribution in [0.4, 0.5) is 0 Å². The molecular formula is C10H18N2O4. The molecule has 6 nitrogen and oxygen atoms in total. The molecule has 2 N–H and O–H groups in total. The van der Waals surface area contributed by atoms with Crippen LogP contribution in [0.15, 0.2) is 5.10 Å². The molecule has 0 aromatic heterocycles. The van der Waals surface area contributed by atoms with Gasteiger partial charge in [0.15, 0.2) is 0 Å². The summed E-state index contributed by atoms with van der Waals surface area (Å²) in [5, 5.41) is 3.12. The van der Waals surface area contributed by atoms with Crippen LogP contribution in [0.3, 0.4) is 0 Å². The van der Waals surface area contributed by atoms with Crippen molar-refractivity contribution in [2.45, 2.75) is 26.7 Å². The molecule has 0 amide bonds. The van der Waals surface area contributed by atoms with E-state index in [2.05, 4.69) is 9.84 Å². The number of hydrogen-bond donors (Lipinski definition) is 1. The van der Waals surface area contributed by atoms with Gasteiger partial charge in [0.05, 0.1) is 6.61 Å². The first kappa shape index (κ1) is 14.6. The van der Waals surface area contributed by atoms with E-state index < -0.39 is 17.5 Å². The average molecular weight is 230 g/mol. The Labute approximate surface area is 94.8 Å². The Kier molecular flexibility index (Phi) is 8.05. The van der Waals surface area contributed by atoms with E-state index in [0.29, 0.717) is 6.61 Å². The lowest BCUT2D eigenvalue weighted by Gasteiger charge is -2.04. The van der Waals surface area contributed by atoms with E-state index in [1.54, 1.807) is 6.92 Å². The van der Waals surface area contributed by atoms with E-state index in [-0.39, 0.29) is 13.2 Å². The number of hydrazone groups is 1. The Morgan fingerprint density at radius 1 is 1.31 bits per heavy atom. The number of Topliss-reactive ketones (excluding diaryl/α,β-unsaturated/α-hetero) is 1. The van der Waals surface area contributed by atoms with Gasteiger partial charge >= 0.3 is 5.97 Å². The Balaban J connectivity index is 4.07. The molecule has 0 spiro atoms. The zero-order chi connectivity index (χ0) is 12.4. The predicted molar refractivity (Wildman–Crippen MR) is 59.0 cm³/mol. The normalized spacial score (nSPS) is 11.2. The van der Waals surface area contributed by atoms with Crippen molar-refractivity contribution in [1.82, 2.24) is 0 Å². The van der Waals surface area contributed by atoms with Crippen molar-refractivity contribution >= 4 is 17.5 Å². The Morgan fingerprint density at radius 3 is 2.50 bits per heavy atom. The van der Waals surface area contributed by atoms with E-state index in [4.69, 9.17) is 10.6 Å². The maximum atomic E-state index is 11.4. The van der Waals surface area contributed by atoms with Gasteiger partial charge in [-0.3, -0.25) is 4.79 Å². The largest absolute Gasteiger partial charge is 0.461 e. The number of esters is 1. The van der Waals surface area contributed by atoms with Gasteiger partial charge in [-0.25, -0.2) is 4.79 Å². The number of carbonyl (C=O) groups is 2. The van der Waals surface area contributed by atoms with Crippen LogP contribution in [0.1, 0.15) is 26.7 Å². The molecule has 92 valence electrons. The van der Waals surface area contributed by atoms with Crippen molar-refractivity contribution in [2.24, 2.45) is 10.9 Å². The number of ketones is 1. The first-order valence-electron chi connectivity index (χ1n) is 5.23. The first-order valence-corrected chi connectivity index (χ1v) is 5.23. The van der Waals surface area contributed by atoms with Crippen LogP contribution in [0.5, 0.6) is 0 Å². The van der Waals surface area contributed by atoms with E-state index in [9.17, 15) is 9.59 Å². The van der Waals surface area contributed by atoms with E-state index in [0.717, 1.165) is 12.8 Å². The number of hydrogen-bond acceptors (Lipinski definition) is 6. The van der Waals surface area contributed by atoms with Crippen molar-refractivity contribution in [3.63, 3.8) is 0 Å². The molecule has 0 rings (SSSR count). The van der Waals surface area contributed by atoms with Crippen LogP contribution in [0.2, 0.25) is 0 Å². The van der Waals surface area contributed by atoms with E-state index in [1.807, 2.05) is 6.92 Å². The molecule has 0 bridgehead atoms. The van der Waals surface area contributed by atoms with Crippen molar-refractivity contribution in [2.75, 3.05) is 19.8 Å². The molecule has 0 aliphatic carbocycles. The Morgan fingerprint density at radius 2 is 2.00 bits per heavy atom. The molecule has 0 fully saturated rings. The number of nitrogens with zero attached hydrogens (tertiary/aromatic N) is 1. The maximum absolute atomic E-state index is 11.4. The molecule has 0 saturated carbocycles. The molecule has 6 heteroatoms. The second kappa shape index (κ2) is 8.84. The minimum Gasteiger partial charge on any atom is -0.461 e. The molecule has 0 atom stereocenters. The van der Waals surface area contributed by atoms with Gasteiger partial charge in [0.2, 0.25) is 11.5 Å². The quantitative estimate of drug-likeness (QED) is 0.161. The second-order valence-corrected chi connectivity index (χ2v) is 3.03. The third-order valence-electron chi connectivity index (χ3n) is 1.74. The van der Waals surface area contributed by atoms with Crippen LogP contribution in [-0.4, -0.2) is 37.3 Å². The van der Waals surface area contributed by atoms with Crippen LogP contribution in [-0.2, 0) is 19.1 Å². The zero-order valence-corrected chi connectivity index (χ0v) is 9.69.